The zero-order chi connectivity index (χ0) is 17.6. The van der Waals surface area contributed by atoms with E-state index in [0.717, 1.165) is 25.2 Å². The molecule has 0 aliphatic heterocycles. The maximum atomic E-state index is 13.5. The Labute approximate surface area is 147 Å². The molecule has 2 aromatic carbocycles. The maximum absolute atomic E-state index is 13.5. The number of fused-ring (bicyclic) bond motifs is 1. The molecule has 0 saturated heterocycles. The second-order valence-corrected chi connectivity index (χ2v) is 6.02. The number of hydrogen-bond acceptors (Lipinski definition) is 4. The maximum Gasteiger partial charge on any atom is 0.137 e. The van der Waals surface area contributed by atoms with Crippen LogP contribution >= 0.6 is 0 Å². The molecule has 0 saturated carbocycles. The average molecular weight is 338 g/mol. The van der Waals surface area contributed by atoms with E-state index in [2.05, 4.69) is 58.3 Å². The number of nitrogens with one attached hydrogen (secondary N) is 1. The first-order valence-electron chi connectivity index (χ1n) is 8.64. The second kappa shape index (κ2) is 8.03. The SMILES string of the molecule is CCN(CC)Cc1cccc(CNc2ncnc3ccc(F)cc23)c1. The van der Waals surface area contributed by atoms with Gasteiger partial charge in [0.15, 0.2) is 0 Å². The van der Waals surface area contributed by atoms with E-state index in [0.29, 0.717) is 17.7 Å². The zero-order valence-corrected chi connectivity index (χ0v) is 14.7. The fourth-order valence-corrected chi connectivity index (χ4v) is 2.90. The van der Waals surface area contributed by atoms with Crippen LogP contribution in [0.25, 0.3) is 10.9 Å². The van der Waals surface area contributed by atoms with Gasteiger partial charge in [0.1, 0.15) is 18.0 Å². The minimum Gasteiger partial charge on any atom is -0.365 e. The molecule has 0 amide bonds. The topological polar surface area (TPSA) is 41.0 Å². The van der Waals surface area contributed by atoms with Crippen molar-refractivity contribution in [1.29, 1.82) is 0 Å². The normalized spacial score (nSPS) is 11.2. The van der Waals surface area contributed by atoms with E-state index >= 15 is 0 Å². The third-order valence-electron chi connectivity index (χ3n) is 4.35. The summed E-state index contributed by atoms with van der Waals surface area (Å²) in [5.41, 5.74) is 3.20. The van der Waals surface area contributed by atoms with Gasteiger partial charge in [0, 0.05) is 18.5 Å². The molecule has 5 heteroatoms. The van der Waals surface area contributed by atoms with Gasteiger partial charge in [-0.05, 0) is 42.4 Å². The van der Waals surface area contributed by atoms with Crippen molar-refractivity contribution in [2.75, 3.05) is 18.4 Å². The molecule has 0 aliphatic carbocycles. The van der Waals surface area contributed by atoms with E-state index in [1.165, 1.54) is 29.6 Å². The van der Waals surface area contributed by atoms with E-state index in [1.54, 1.807) is 6.07 Å². The van der Waals surface area contributed by atoms with Crippen molar-refractivity contribution in [3.05, 3.63) is 65.7 Å². The van der Waals surface area contributed by atoms with Crippen LogP contribution in [0.1, 0.15) is 25.0 Å². The summed E-state index contributed by atoms with van der Waals surface area (Å²) in [5.74, 6) is 0.366. The van der Waals surface area contributed by atoms with Crippen LogP contribution in [-0.2, 0) is 13.1 Å². The van der Waals surface area contributed by atoms with Gasteiger partial charge in [0.2, 0.25) is 0 Å². The largest absolute Gasteiger partial charge is 0.365 e. The summed E-state index contributed by atoms with van der Waals surface area (Å²) in [4.78, 5) is 10.8. The molecule has 1 aromatic heterocycles. The Balaban J connectivity index is 1.75. The summed E-state index contributed by atoms with van der Waals surface area (Å²) in [5, 5.41) is 4.00. The predicted octanol–water partition coefficient (Wildman–Crippen LogP) is 4.22. The number of aromatic nitrogens is 2. The molecule has 25 heavy (non-hydrogen) atoms. The van der Waals surface area contributed by atoms with Gasteiger partial charge in [-0.3, -0.25) is 4.90 Å². The smallest absolute Gasteiger partial charge is 0.137 e. The van der Waals surface area contributed by atoms with Crippen LogP contribution in [0.4, 0.5) is 10.2 Å². The Kier molecular flexibility index (Phi) is 5.56. The third kappa shape index (κ3) is 4.31. The molecule has 0 bridgehead atoms. The van der Waals surface area contributed by atoms with Crippen LogP contribution in [0, 0.1) is 5.82 Å². The standard InChI is InChI=1S/C20H23FN4/c1-3-25(4-2)13-16-7-5-6-15(10-16)12-22-20-18-11-17(21)8-9-19(18)23-14-24-20/h5-11,14H,3-4,12-13H2,1-2H3,(H,22,23,24). The second-order valence-electron chi connectivity index (χ2n) is 6.02. The summed E-state index contributed by atoms with van der Waals surface area (Å²) < 4.78 is 13.5. The number of rotatable bonds is 7. The summed E-state index contributed by atoms with van der Waals surface area (Å²) in [7, 11) is 0. The number of benzene rings is 2. The Morgan fingerprint density at radius 2 is 1.80 bits per heavy atom. The number of halogens is 1. The molecule has 1 heterocycles. The number of hydrogen-bond donors (Lipinski definition) is 1. The van der Waals surface area contributed by atoms with E-state index in [4.69, 9.17) is 0 Å². The molecule has 0 atom stereocenters. The first kappa shape index (κ1) is 17.3. The summed E-state index contributed by atoms with van der Waals surface area (Å²) in [6.07, 6.45) is 1.50. The first-order chi connectivity index (χ1) is 12.2. The quantitative estimate of drug-likeness (QED) is 0.700. The van der Waals surface area contributed by atoms with Gasteiger partial charge in [-0.1, -0.05) is 38.1 Å². The molecular weight excluding hydrogens is 315 g/mol. The van der Waals surface area contributed by atoms with Gasteiger partial charge in [0.25, 0.3) is 0 Å². The molecule has 0 radical (unpaired) electrons. The lowest BCUT2D eigenvalue weighted by Gasteiger charge is -2.18. The highest BCUT2D eigenvalue weighted by Gasteiger charge is 2.06. The Morgan fingerprint density at radius 3 is 2.60 bits per heavy atom. The lowest BCUT2D eigenvalue weighted by molar-refractivity contribution is 0.296. The van der Waals surface area contributed by atoms with Crippen LogP contribution in [0.15, 0.2) is 48.8 Å². The highest BCUT2D eigenvalue weighted by Crippen LogP contribution is 2.21. The fraction of sp³-hybridized carbons (Fsp3) is 0.300. The highest BCUT2D eigenvalue weighted by molar-refractivity contribution is 5.88. The lowest BCUT2D eigenvalue weighted by atomic mass is 10.1. The molecule has 130 valence electrons. The zero-order valence-electron chi connectivity index (χ0n) is 14.7. The van der Waals surface area contributed by atoms with Crippen LogP contribution in [0.2, 0.25) is 0 Å². The van der Waals surface area contributed by atoms with E-state index in [9.17, 15) is 4.39 Å². The van der Waals surface area contributed by atoms with Crippen molar-refractivity contribution in [1.82, 2.24) is 14.9 Å². The number of anilines is 1. The molecule has 0 aliphatic rings. The van der Waals surface area contributed by atoms with E-state index in [1.807, 2.05) is 0 Å². The minimum absolute atomic E-state index is 0.286. The van der Waals surface area contributed by atoms with Gasteiger partial charge >= 0.3 is 0 Å². The summed E-state index contributed by atoms with van der Waals surface area (Å²) in [6, 6.07) is 13.1. The molecule has 3 aromatic rings. The van der Waals surface area contributed by atoms with Crippen LogP contribution in [0.3, 0.4) is 0 Å². The van der Waals surface area contributed by atoms with Crippen molar-refractivity contribution < 1.29 is 4.39 Å². The average Bonchev–Trinajstić information content (AvgIpc) is 2.64. The fourth-order valence-electron chi connectivity index (χ4n) is 2.90. The van der Waals surface area contributed by atoms with Crippen molar-refractivity contribution in [3.8, 4) is 0 Å². The highest BCUT2D eigenvalue weighted by atomic mass is 19.1. The Hall–Kier alpha value is -2.53. The Bertz CT molecular complexity index is 846. The van der Waals surface area contributed by atoms with Crippen molar-refractivity contribution in [2.24, 2.45) is 0 Å². The lowest BCUT2D eigenvalue weighted by Crippen LogP contribution is -2.22. The Morgan fingerprint density at radius 1 is 1.00 bits per heavy atom. The van der Waals surface area contributed by atoms with Crippen LogP contribution in [0.5, 0.6) is 0 Å². The van der Waals surface area contributed by atoms with Crippen LogP contribution < -0.4 is 5.32 Å². The van der Waals surface area contributed by atoms with Crippen molar-refractivity contribution in [3.63, 3.8) is 0 Å². The first-order valence-corrected chi connectivity index (χ1v) is 8.64. The van der Waals surface area contributed by atoms with Gasteiger partial charge in [-0.25, -0.2) is 14.4 Å². The van der Waals surface area contributed by atoms with E-state index in [-0.39, 0.29) is 5.82 Å². The van der Waals surface area contributed by atoms with Crippen molar-refractivity contribution in [2.45, 2.75) is 26.9 Å². The minimum atomic E-state index is -0.286. The summed E-state index contributed by atoms with van der Waals surface area (Å²) >= 11 is 0. The third-order valence-corrected chi connectivity index (χ3v) is 4.35. The van der Waals surface area contributed by atoms with Crippen molar-refractivity contribution >= 4 is 16.7 Å². The predicted molar refractivity (Wildman–Crippen MR) is 99.9 cm³/mol. The molecule has 1 N–H and O–H groups in total. The van der Waals surface area contributed by atoms with Gasteiger partial charge in [-0.2, -0.15) is 0 Å². The number of nitrogens with zero attached hydrogens (tertiary/aromatic N) is 3. The van der Waals surface area contributed by atoms with Gasteiger partial charge in [-0.15, -0.1) is 0 Å². The van der Waals surface area contributed by atoms with Crippen LogP contribution in [-0.4, -0.2) is 28.0 Å². The molecule has 0 fully saturated rings. The van der Waals surface area contributed by atoms with Gasteiger partial charge in [0.05, 0.1) is 5.52 Å². The van der Waals surface area contributed by atoms with Gasteiger partial charge < -0.3 is 5.32 Å². The van der Waals surface area contributed by atoms with E-state index < -0.39 is 0 Å². The molecule has 0 spiro atoms. The summed E-state index contributed by atoms with van der Waals surface area (Å²) in [6.45, 7) is 8.01. The molecule has 4 nitrogen and oxygen atoms in total. The monoisotopic (exact) mass is 338 g/mol. The molecule has 0 unspecified atom stereocenters. The molecule has 3 rings (SSSR count). The molecular formula is C20H23FN4.